The van der Waals surface area contributed by atoms with Crippen LogP contribution in [0.15, 0.2) is 63.8 Å². The van der Waals surface area contributed by atoms with Crippen LogP contribution in [0.2, 0.25) is 5.15 Å². The second kappa shape index (κ2) is 7.52. The standard InChI is InChI=1S/C22H19ClN2O3/c1-14-9-15(2)20-16(10-14)11-17(21(23)24-20)12-25(13-18-5-3-7-27-18)22(26)19-6-4-8-28-19/h3-11H,12-13H2,1-2H3. The predicted octanol–water partition coefficient (Wildman–Crippen LogP) is 5.53. The Labute approximate surface area is 167 Å². The summed E-state index contributed by atoms with van der Waals surface area (Å²) in [4.78, 5) is 19.1. The van der Waals surface area contributed by atoms with Crippen molar-refractivity contribution in [3.8, 4) is 0 Å². The molecule has 28 heavy (non-hydrogen) atoms. The number of pyridine rings is 1. The first kappa shape index (κ1) is 18.3. The van der Waals surface area contributed by atoms with Crippen molar-refractivity contribution in [3.63, 3.8) is 0 Å². The van der Waals surface area contributed by atoms with Crippen LogP contribution in [0.25, 0.3) is 10.9 Å². The molecule has 0 atom stereocenters. The number of rotatable bonds is 5. The van der Waals surface area contributed by atoms with Gasteiger partial charge in [-0.3, -0.25) is 4.79 Å². The van der Waals surface area contributed by atoms with Gasteiger partial charge in [0.25, 0.3) is 5.91 Å². The number of hydrogen-bond donors (Lipinski definition) is 0. The Morgan fingerprint density at radius 1 is 1.07 bits per heavy atom. The molecular weight excluding hydrogens is 376 g/mol. The molecule has 0 aliphatic heterocycles. The number of furan rings is 2. The molecule has 0 saturated heterocycles. The van der Waals surface area contributed by atoms with E-state index in [4.69, 9.17) is 20.4 Å². The fourth-order valence-electron chi connectivity index (χ4n) is 3.34. The lowest BCUT2D eigenvalue weighted by atomic mass is 10.1. The topological polar surface area (TPSA) is 59.5 Å². The van der Waals surface area contributed by atoms with Crippen molar-refractivity contribution in [3.05, 3.63) is 88.4 Å². The molecule has 6 heteroatoms. The fraction of sp³-hybridized carbons (Fsp3) is 0.182. The average Bonchev–Trinajstić information content (AvgIpc) is 3.35. The van der Waals surface area contributed by atoms with E-state index in [9.17, 15) is 4.79 Å². The number of fused-ring (bicyclic) bond motifs is 1. The molecule has 4 aromatic rings. The maximum Gasteiger partial charge on any atom is 0.290 e. The number of amides is 1. The molecule has 0 spiro atoms. The Balaban J connectivity index is 1.71. The van der Waals surface area contributed by atoms with Gasteiger partial charge in [-0.05, 0) is 55.8 Å². The lowest BCUT2D eigenvalue weighted by molar-refractivity contribution is 0.0685. The van der Waals surface area contributed by atoms with Crippen LogP contribution in [-0.2, 0) is 13.1 Å². The number of aromatic nitrogens is 1. The van der Waals surface area contributed by atoms with Crippen molar-refractivity contribution >= 4 is 28.4 Å². The molecule has 3 aromatic heterocycles. The molecule has 0 fully saturated rings. The maximum atomic E-state index is 12.9. The number of aryl methyl sites for hydroxylation is 2. The Bertz CT molecular complexity index is 1120. The van der Waals surface area contributed by atoms with Crippen molar-refractivity contribution in [2.45, 2.75) is 26.9 Å². The van der Waals surface area contributed by atoms with E-state index >= 15 is 0 Å². The van der Waals surface area contributed by atoms with Crippen LogP contribution in [0, 0.1) is 13.8 Å². The van der Waals surface area contributed by atoms with Crippen LogP contribution in [-0.4, -0.2) is 15.8 Å². The summed E-state index contributed by atoms with van der Waals surface area (Å²) >= 11 is 6.47. The molecule has 0 unspecified atom stereocenters. The zero-order valence-electron chi connectivity index (χ0n) is 15.6. The maximum absolute atomic E-state index is 12.9. The summed E-state index contributed by atoms with van der Waals surface area (Å²) in [6.07, 6.45) is 3.06. The third-order valence-electron chi connectivity index (χ3n) is 4.59. The molecule has 3 heterocycles. The number of benzene rings is 1. The molecular formula is C22H19ClN2O3. The minimum Gasteiger partial charge on any atom is -0.467 e. The minimum atomic E-state index is -0.238. The molecule has 0 aliphatic carbocycles. The Kier molecular flexibility index (Phi) is 4.92. The van der Waals surface area contributed by atoms with Crippen LogP contribution in [0.4, 0.5) is 0 Å². The highest BCUT2D eigenvalue weighted by Gasteiger charge is 2.21. The van der Waals surface area contributed by atoms with Gasteiger partial charge in [0.05, 0.1) is 24.6 Å². The third kappa shape index (κ3) is 3.66. The van der Waals surface area contributed by atoms with Crippen LogP contribution in [0.5, 0.6) is 0 Å². The smallest absolute Gasteiger partial charge is 0.290 e. The molecule has 4 rings (SSSR count). The summed E-state index contributed by atoms with van der Waals surface area (Å²) in [5.74, 6) is 0.706. The summed E-state index contributed by atoms with van der Waals surface area (Å²) in [5, 5.41) is 1.39. The van der Waals surface area contributed by atoms with Gasteiger partial charge in [-0.1, -0.05) is 23.2 Å². The lowest BCUT2D eigenvalue weighted by Gasteiger charge is -2.21. The highest BCUT2D eigenvalue weighted by atomic mass is 35.5. The lowest BCUT2D eigenvalue weighted by Crippen LogP contribution is -2.30. The Morgan fingerprint density at radius 2 is 1.86 bits per heavy atom. The summed E-state index contributed by atoms with van der Waals surface area (Å²) < 4.78 is 10.7. The summed E-state index contributed by atoms with van der Waals surface area (Å²) in [6.45, 7) is 4.65. The van der Waals surface area contributed by atoms with Gasteiger partial charge >= 0.3 is 0 Å². The molecule has 0 saturated carbocycles. The van der Waals surface area contributed by atoms with Crippen molar-refractivity contribution in [1.82, 2.24) is 9.88 Å². The van der Waals surface area contributed by atoms with Crippen LogP contribution < -0.4 is 0 Å². The number of nitrogens with zero attached hydrogens (tertiary/aromatic N) is 2. The zero-order valence-corrected chi connectivity index (χ0v) is 16.4. The normalized spacial score (nSPS) is 11.1. The summed E-state index contributed by atoms with van der Waals surface area (Å²) in [5.41, 5.74) is 3.86. The number of carbonyl (C=O) groups excluding carboxylic acids is 1. The van der Waals surface area contributed by atoms with E-state index in [2.05, 4.69) is 17.1 Å². The minimum absolute atomic E-state index is 0.238. The van der Waals surface area contributed by atoms with E-state index < -0.39 is 0 Å². The Morgan fingerprint density at radius 3 is 2.57 bits per heavy atom. The molecule has 0 radical (unpaired) electrons. The van der Waals surface area contributed by atoms with E-state index in [1.807, 2.05) is 26.0 Å². The first-order valence-electron chi connectivity index (χ1n) is 8.93. The second-order valence-corrected chi connectivity index (χ2v) is 7.17. The van der Waals surface area contributed by atoms with E-state index in [1.165, 1.54) is 6.26 Å². The summed E-state index contributed by atoms with van der Waals surface area (Å²) in [6, 6.07) is 13.1. The first-order chi connectivity index (χ1) is 13.5. The average molecular weight is 395 g/mol. The largest absolute Gasteiger partial charge is 0.467 e. The number of hydrogen-bond acceptors (Lipinski definition) is 4. The SMILES string of the molecule is Cc1cc(C)c2nc(Cl)c(CN(Cc3ccco3)C(=O)c3ccco3)cc2c1. The number of carbonyl (C=O) groups is 1. The fourth-order valence-corrected chi connectivity index (χ4v) is 3.53. The van der Waals surface area contributed by atoms with Crippen molar-refractivity contribution < 1.29 is 13.6 Å². The van der Waals surface area contributed by atoms with Gasteiger partial charge in [0.2, 0.25) is 0 Å². The first-order valence-corrected chi connectivity index (χ1v) is 9.30. The van der Waals surface area contributed by atoms with Gasteiger partial charge in [0, 0.05) is 17.5 Å². The molecule has 0 aliphatic rings. The molecule has 0 N–H and O–H groups in total. The third-order valence-corrected chi connectivity index (χ3v) is 4.91. The predicted molar refractivity (Wildman–Crippen MR) is 107 cm³/mol. The Hall–Kier alpha value is -3.05. The van der Waals surface area contributed by atoms with Crippen LogP contribution in [0.1, 0.15) is 33.0 Å². The number of halogens is 1. The molecule has 0 bridgehead atoms. The second-order valence-electron chi connectivity index (χ2n) is 6.81. The zero-order chi connectivity index (χ0) is 19.7. The van der Waals surface area contributed by atoms with Gasteiger partial charge in [0.15, 0.2) is 5.76 Å². The molecule has 142 valence electrons. The molecule has 1 amide bonds. The van der Waals surface area contributed by atoms with Crippen LogP contribution >= 0.6 is 11.6 Å². The highest BCUT2D eigenvalue weighted by molar-refractivity contribution is 6.30. The van der Waals surface area contributed by atoms with Gasteiger partial charge in [0.1, 0.15) is 10.9 Å². The van der Waals surface area contributed by atoms with E-state index in [0.717, 1.165) is 27.6 Å². The highest BCUT2D eigenvalue weighted by Crippen LogP contribution is 2.26. The molecule has 5 nitrogen and oxygen atoms in total. The quantitative estimate of drug-likeness (QED) is 0.417. The van der Waals surface area contributed by atoms with Gasteiger partial charge < -0.3 is 13.7 Å². The monoisotopic (exact) mass is 394 g/mol. The van der Waals surface area contributed by atoms with Gasteiger partial charge in [-0.2, -0.15) is 0 Å². The van der Waals surface area contributed by atoms with E-state index in [0.29, 0.717) is 17.5 Å². The molecule has 1 aromatic carbocycles. The van der Waals surface area contributed by atoms with Crippen molar-refractivity contribution in [2.75, 3.05) is 0 Å². The van der Waals surface area contributed by atoms with E-state index in [1.54, 1.807) is 29.4 Å². The van der Waals surface area contributed by atoms with Crippen molar-refractivity contribution in [1.29, 1.82) is 0 Å². The van der Waals surface area contributed by atoms with Crippen molar-refractivity contribution in [2.24, 2.45) is 0 Å². The van der Waals surface area contributed by atoms with Gasteiger partial charge in [-0.15, -0.1) is 0 Å². The van der Waals surface area contributed by atoms with Gasteiger partial charge in [-0.25, -0.2) is 4.98 Å². The van der Waals surface area contributed by atoms with E-state index in [-0.39, 0.29) is 18.2 Å². The van der Waals surface area contributed by atoms with Crippen LogP contribution in [0.3, 0.4) is 0 Å². The summed E-state index contributed by atoms with van der Waals surface area (Å²) in [7, 11) is 0.